The molecule has 0 fully saturated rings. The van der Waals surface area contributed by atoms with Crippen molar-refractivity contribution in [3.05, 3.63) is 30.3 Å². The molecule has 0 amide bonds. The molecule has 0 atom stereocenters. The molecule has 0 saturated carbocycles. The molecule has 2 rings (SSSR count). The van der Waals surface area contributed by atoms with Gasteiger partial charge < -0.3 is 0 Å². The zero-order valence-electron chi connectivity index (χ0n) is 7.64. The molecule has 1 aliphatic heterocycles. The number of amidine groups is 1. The normalized spacial score (nSPS) is 15.1. The Balaban J connectivity index is 2.12. The van der Waals surface area contributed by atoms with E-state index in [-0.39, 0.29) is 11.6 Å². The average molecular weight is 186 g/mol. The number of carbonyl (C=O) groups excluding carboxylic acids is 1. The molecule has 0 spiro atoms. The number of para-hydroxylation sites is 1. The van der Waals surface area contributed by atoms with Crippen LogP contribution >= 0.6 is 0 Å². The van der Waals surface area contributed by atoms with Crippen LogP contribution in [0, 0.1) is 0 Å². The molecule has 0 aliphatic carbocycles. The maximum Gasteiger partial charge on any atom is 0.247 e. The summed E-state index contributed by atoms with van der Waals surface area (Å²) in [6.45, 7) is 1.62. The summed E-state index contributed by atoms with van der Waals surface area (Å²) < 4.78 is 0. The molecule has 0 N–H and O–H groups in total. The first-order valence-corrected chi connectivity index (χ1v) is 4.21. The van der Waals surface area contributed by atoms with Gasteiger partial charge in [0.15, 0.2) is 0 Å². The van der Waals surface area contributed by atoms with Gasteiger partial charge in [0.05, 0.1) is 5.69 Å². The Morgan fingerprint density at radius 3 is 2.43 bits per heavy atom. The Morgan fingerprint density at radius 1 is 1.14 bits per heavy atom. The number of benzene rings is 1. The van der Waals surface area contributed by atoms with Crippen LogP contribution < -0.4 is 5.32 Å². The molecule has 1 aromatic carbocycles. The molecule has 14 heavy (non-hydrogen) atoms. The highest BCUT2D eigenvalue weighted by Crippen LogP contribution is 2.08. The van der Waals surface area contributed by atoms with Crippen LogP contribution in [0.15, 0.2) is 40.5 Å². The van der Waals surface area contributed by atoms with Gasteiger partial charge in [0.25, 0.3) is 0 Å². The summed E-state index contributed by atoms with van der Waals surface area (Å²) in [4.78, 5) is 11.4. The molecule has 1 aromatic rings. The van der Waals surface area contributed by atoms with Crippen LogP contribution in [-0.4, -0.2) is 17.3 Å². The predicted molar refractivity (Wildman–Crippen MR) is 53.8 cm³/mol. The molecule has 4 nitrogen and oxygen atoms in total. The maximum absolute atomic E-state index is 11.4. The Bertz CT molecular complexity index is 420. The lowest BCUT2D eigenvalue weighted by Gasteiger charge is -1.98. The van der Waals surface area contributed by atoms with Gasteiger partial charge in [0, 0.05) is 0 Å². The van der Waals surface area contributed by atoms with Crippen LogP contribution in [-0.2, 0) is 4.79 Å². The highest BCUT2D eigenvalue weighted by molar-refractivity contribution is 6.67. The van der Waals surface area contributed by atoms with E-state index in [1.165, 1.54) is 0 Å². The molecule has 0 aromatic heterocycles. The summed E-state index contributed by atoms with van der Waals surface area (Å²) in [7, 11) is 0. The lowest BCUT2D eigenvalue weighted by molar-refractivity contribution is -0.107. The van der Waals surface area contributed by atoms with Crippen LogP contribution in [0.5, 0.6) is 0 Å². The van der Waals surface area contributed by atoms with Gasteiger partial charge in [-0.3, -0.25) is 4.79 Å². The van der Waals surface area contributed by atoms with E-state index in [4.69, 9.17) is 0 Å². The fourth-order valence-corrected chi connectivity index (χ4v) is 1.07. The van der Waals surface area contributed by atoms with Crippen molar-refractivity contribution in [2.24, 2.45) is 10.2 Å². The van der Waals surface area contributed by atoms with Gasteiger partial charge >= 0.3 is 0 Å². The minimum absolute atomic E-state index is 0.161. The first-order valence-electron chi connectivity index (χ1n) is 4.21. The van der Waals surface area contributed by atoms with Gasteiger partial charge in [-0.15, -0.1) is 10.2 Å². The van der Waals surface area contributed by atoms with Crippen molar-refractivity contribution < 1.29 is 4.79 Å². The number of hydrogen-bond acceptors (Lipinski definition) is 3. The third kappa shape index (κ3) is 1.54. The third-order valence-corrected chi connectivity index (χ3v) is 1.82. The summed E-state index contributed by atoms with van der Waals surface area (Å²) in [5, 5.41) is 11.4. The topological polar surface area (TPSA) is 55.9 Å². The minimum Gasteiger partial charge on any atom is -0.284 e. The number of nitrogens with zero attached hydrogens (tertiary/aromatic N) is 3. The summed E-state index contributed by atoms with van der Waals surface area (Å²) in [5.74, 6) is -0.0393. The number of Topliss-reactive ketones (excluding diaryl/α,β-unsaturated/α-hetero) is 1. The average Bonchev–Trinajstić information content (AvgIpc) is 2.52. The van der Waals surface area contributed by atoms with Crippen molar-refractivity contribution in [3.8, 4) is 0 Å². The van der Waals surface area contributed by atoms with Crippen molar-refractivity contribution in [1.29, 1.82) is 0 Å². The van der Waals surface area contributed by atoms with E-state index in [0.717, 1.165) is 0 Å². The molecule has 1 radical (unpaired) electrons. The standard InChI is InChI=1S/C10H8N3O/c1-7-9(14)10(13-12-7)11-8-5-3-2-4-6-8/h2-6H,1H3. The van der Waals surface area contributed by atoms with Gasteiger partial charge in [0.1, 0.15) is 5.71 Å². The first kappa shape index (κ1) is 8.62. The quantitative estimate of drug-likeness (QED) is 0.651. The molecule has 4 heteroatoms. The summed E-state index contributed by atoms with van der Waals surface area (Å²) in [5.41, 5.74) is 1.10. The zero-order chi connectivity index (χ0) is 9.97. The molecule has 0 saturated heterocycles. The fourth-order valence-electron chi connectivity index (χ4n) is 1.07. The molecule has 1 heterocycles. The van der Waals surface area contributed by atoms with E-state index >= 15 is 0 Å². The van der Waals surface area contributed by atoms with Crippen molar-refractivity contribution in [1.82, 2.24) is 5.32 Å². The van der Waals surface area contributed by atoms with Crippen molar-refractivity contribution >= 4 is 23.0 Å². The van der Waals surface area contributed by atoms with Gasteiger partial charge in [-0.05, 0) is 19.1 Å². The molecule has 0 bridgehead atoms. The van der Waals surface area contributed by atoms with Crippen LogP contribution in [0.2, 0.25) is 0 Å². The summed E-state index contributed by atoms with van der Waals surface area (Å²) >= 11 is 0. The zero-order valence-corrected chi connectivity index (χ0v) is 7.64. The second-order valence-corrected chi connectivity index (χ2v) is 2.89. The molecule has 0 unspecified atom stereocenters. The highest BCUT2D eigenvalue weighted by Gasteiger charge is 2.21. The largest absolute Gasteiger partial charge is 0.284 e. The van der Waals surface area contributed by atoms with Gasteiger partial charge in [-0.1, -0.05) is 18.2 Å². The lowest BCUT2D eigenvalue weighted by atomic mass is 10.2. The Kier molecular flexibility index (Phi) is 2.10. The van der Waals surface area contributed by atoms with E-state index in [2.05, 4.69) is 15.5 Å². The Morgan fingerprint density at radius 2 is 1.86 bits per heavy atom. The second-order valence-electron chi connectivity index (χ2n) is 2.89. The lowest BCUT2D eigenvalue weighted by Crippen LogP contribution is -2.23. The monoisotopic (exact) mass is 186 g/mol. The number of rotatable bonds is 1. The molecular formula is C10H8N3O. The second kappa shape index (κ2) is 3.41. The van der Waals surface area contributed by atoms with Crippen molar-refractivity contribution in [2.75, 3.05) is 0 Å². The Hall–Kier alpha value is -1.97. The van der Waals surface area contributed by atoms with Crippen molar-refractivity contribution in [3.63, 3.8) is 0 Å². The predicted octanol–water partition coefficient (Wildman–Crippen LogP) is 1.28. The van der Waals surface area contributed by atoms with Crippen LogP contribution in [0.1, 0.15) is 6.92 Å². The maximum atomic E-state index is 11.4. The molecular weight excluding hydrogens is 178 g/mol. The van der Waals surface area contributed by atoms with Crippen molar-refractivity contribution in [2.45, 2.75) is 6.92 Å². The summed E-state index contributed by atoms with van der Waals surface area (Å²) in [6, 6.07) is 9.21. The molecule has 1 aliphatic rings. The molecule has 69 valence electrons. The van der Waals surface area contributed by atoms with Gasteiger partial charge in [-0.25, -0.2) is 5.32 Å². The van der Waals surface area contributed by atoms with Crippen LogP contribution in [0.3, 0.4) is 0 Å². The van der Waals surface area contributed by atoms with Gasteiger partial charge in [-0.2, -0.15) is 0 Å². The number of carbonyl (C=O) groups is 1. The van der Waals surface area contributed by atoms with Gasteiger partial charge in [0.2, 0.25) is 11.6 Å². The first-order chi connectivity index (χ1) is 6.77. The minimum atomic E-state index is -0.200. The van der Waals surface area contributed by atoms with E-state index < -0.39 is 0 Å². The van der Waals surface area contributed by atoms with E-state index in [0.29, 0.717) is 11.4 Å². The number of hydrogen-bond donors (Lipinski definition) is 0. The van der Waals surface area contributed by atoms with Crippen LogP contribution in [0.4, 0.5) is 5.69 Å². The van der Waals surface area contributed by atoms with E-state index in [1.807, 2.05) is 30.3 Å². The SMILES string of the molecule is CC1=NN=C([N]c2ccccc2)C1=O. The summed E-state index contributed by atoms with van der Waals surface area (Å²) in [6.07, 6.45) is 0. The highest BCUT2D eigenvalue weighted by atomic mass is 16.1. The Labute approximate surface area is 81.4 Å². The number of ketones is 1. The van der Waals surface area contributed by atoms with E-state index in [9.17, 15) is 4.79 Å². The van der Waals surface area contributed by atoms with E-state index in [1.54, 1.807) is 6.92 Å². The fraction of sp³-hybridized carbons (Fsp3) is 0.100. The van der Waals surface area contributed by atoms with Crippen LogP contribution in [0.25, 0.3) is 0 Å². The third-order valence-electron chi connectivity index (χ3n) is 1.82. The smallest absolute Gasteiger partial charge is 0.247 e.